The van der Waals surface area contributed by atoms with Crippen LogP contribution in [0.2, 0.25) is 5.02 Å². The fourth-order valence-electron chi connectivity index (χ4n) is 4.12. The summed E-state index contributed by atoms with van der Waals surface area (Å²) in [7, 11) is 1.63. The number of rotatable bonds is 4. The van der Waals surface area contributed by atoms with Crippen LogP contribution in [0.3, 0.4) is 0 Å². The quantitative estimate of drug-likeness (QED) is 0.625. The molecule has 31 heavy (non-hydrogen) atoms. The standard InChI is InChI=1S/C22H20ClN5O3/c1-31-14-8-6-13(7-9-14)17-12-18(15-4-2-3-5-16(15)23)28-21(24-17)25-22(26-28)27-19(29)10-11-20(27)30/h2-9,17-18H,10-12H2,1H3,(H,24,25,26)/t17-,18-/m0/s1. The number of anilines is 2. The van der Waals surface area contributed by atoms with Gasteiger partial charge in [-0.25, -0.2) is 9.58 Å². The van der Waals surface area contributed by atoms with Gasteiger partial charge in [-0.3, -0.25) is 9.59 Å². The summed E-state index contributed by atoms with van der Waals surface area (Å²) in [6.45, 7) is 0. The van der Waals surface area contributed by atoms with Gasteiger partial charge in [-0.2, -0.15) is 4.98 Å². The number of aromatic nitrogens is 3. The summed E-state index contributed by atoms with van der Waals surface area (Å²) >= 11 is 6.52. The number of hydrogen-bond donors (Lipinski definition) is 1. The number of benzene rings is 2. The van der Waals surface area contributed by atoms with Crippen molar-refractivity contribution in [2.75, 3.05) is 17.3 Å². The lowest BCUT2D eigenvalue weighted by Gasteiger charge is -2.32. The predicted molar refractivity (Wildman–Crippen MR) is 115 cm³/mol. The zero-order valence-electron chi connectivity index (χ0n) is 16.8. The summed E-state index contributed by atoms with van der Waals surface area (Å²) in [5, 5.41) is 8.56. The number of imide groups is 1. The van der Waals surface area contributed by atoms with Gasteiger partial charge >= 0.3 is 0 Å². The highest BCUT2D eigenvalue weighted by atomic mass is 35.5. The van der Waals surface area contributed by atoms with Gasteiger partial charge in [0.25, 0.3) is 5.95 Å². The predicted octanol–water partition coefficient (Wildman–Crippen LogP) is 3.74. The van der Waals surface area contributed by atoms with Gasteiger partial charge in [0.2, 0.25) is 17.8 Å². The highest BCUT2D eigenvalue weighted by Gasteiger charge is 2.37. The molecule has 3 heterocycles. The smallest absolute Gasteiger partial charge is 0.260 e. The first-order chi connectivity index (χ1) is 15.0. The summed E-state index contributed by atoms with van der Waals surface area (Å²) < 4.78 is 6.98. The van der Waals surface area contributed by atoms with Gasteiger partial charge in [-0.1, -0.05) is 41.9 Å². The van der Waals surface area contributed by atoms with Crippen molar-refractivity contribution < 1.29 is 14.3 Å². The largest absolute Gasteiger partial charge is 0.497 e. The van der Waals surface area contributed by atoms with Crippen LogP contribution in [-0.2, 0) is 9.59 Å². The fourth-order valence-corrected chi connectivity index (χ4v) is 4.38. The van der Waals surface area contributed by atoms with Gasteiger partial charge in [0, 0.05) is 17.9 Å². The number of amides is 2. The first kappa shape index (κ1) is 19.6. The van der Waals surface area contributed by atoms with Crippen LogP contribution in [0.25, 0.3) is 0 Å². The molecule has 1 fully saturated rings. The minimum Gasteiger partial charge on any atom is -0.497 e. The molecule has 0 spiro atoms. The Hall–Kier alpha value is -3.39. The Labute approximate surface area is 183 Å². The Kier molecular flexibility index (Phi) is 4.86. The van der Waals surface area contributed by atoms with E-state index in [4.69, 9.17) is 16.3 Å². The van der Waals surface area contributed by atoms with Crippen LogP contribution in [0.15, 0.2) is 48.5 Å². The molecule has 1 aromatic heterocycles. The van der Waals surface area contributed by atoms with Crippen molar-refractivity contribution in [1.29, 1.82) is 0 Å². The van der Waals surface area contributed by atoms with Gasteiger partial charge in [-0.05, 0) is 35.7 Å². The van der Waals surface area contributed by atoms with E-state index in [1.54, 1.807) is 11.8 Å². The van der Waals surface area contributed by atoms with Crippen molar-refractivity contribution in [2.45, 2.75) is 31.3 Å². The van der Waals surface area contributed by atoms with Gasteiger partial charge in [0.1, 0.15) is 5.75 Å². The SMILES string of the molecule is COc1ccc([C@@H]2C[C@@H](c3ccccc3Cl)n3nc(N4C(=O)CCC4=O)nc3N2)cc1. The molecule has 0 aliphatic carbocycles. The maximum Gasteiger partial charge on any atom is 0.260 e. The topological polar surface area (TPSA) is 89.4 Å². The van der Waals surface area contributed by atoms with Crippen LogP contribution in [0.1, 0.15) is 42.5 Å². The first-order valence-corrected chi connectivity index (χ1v) is 10.4. The third kappa shape index (κ3) is 3.42. The van der Waals surface area contributed by atoms with E-state index < -0.39 is 0 Å². The van der Waals surface area contributed by atoms with Crippen molar-refractivity contribution in [3.05, 3.63) is 64.7 Å². The zero-order valence-corrected chi connectivity index (χ0v) is 17.5. The zero-order chi connectivity index (χ0) is 21.5. The van der Waals surface area contributed by atoms with Crippen molar-refractivity contribution in [3.63, 3.8) is 0 Å². The van der Waals surface area contributed by atoms with Crippen molar-refractivity contribution in [1.82, 2.24) is 14.8 Å². The lowest BCUT2D eigenvalue weighted by atomic mass is 9.93. The van der Waals surface area contributed by atoms with Crippen LogP contribution in [0.5, 0.6) is 5.75 Å². The Bertz CT molecular complexity index is 1140. The molecule has 2 aliphatic rings. The molecule has 3 aromatic rings. The van der Waals surface area contributed by atoms with Crippen molar-refractivity contribution in [3.8, 4) is 5.75 Å². The van der Waals surface area contributed by atoms with E-state index in [-0.39, 0.29) is 42.7 Å². The van der Waals surface area contributed by atoms with Crippen LogP contribution in [0, 0.1) is 0 Å². The molecule has 1 N–H and O–H groups in total. The maximum atomic E-state index is 12.2. The molecule has 2 aromatic carbocycles. The third-order valence-corrected chi connectivity index (χ3v) is 6.06. The van der Waals surface area contributed by atoms with E-state index >= 15 is 0 Å². The van der Waals surface area contributed by atoms with E-state index in [1.807, 2.05) is 48.5 Å². The van der Waals surface area contributed by atoms with E-state index in [9.17, 15) is 9.59 Å². The van der Waals surface area contributed by atoms with Gasteiger partial charge in [0.05, 0.1) is 19.2 Å². The van der Waals surface area contributed by atoms with Gasteiger partial charge in [0.15, 0.2) is 0 Å². The lowest BCUT2D eigenvalue weighted by molar-refractivity contribution is -0.121. The van der Waals surface area contributed by atoms with Crippen LogP contribution >= 0.6 is 11.6 Å². The van der Waals surface area contributed by atoms with E-state index in [0.717, 1.165) is 21.8 Å². The van der Waals surface area contributed by atoms with Gasteiger partial charge in [-0.15, -0.1) is 5.10 Å². The number of halogens is 1. The van der Waals surface area contributed by atoms with E-state index in [1.165, 1.54) is 0 Å². The molecule has 1 saturated heterocycles. The van der Waals surface area contributed by atoms with Crippen LogP contribution in [0.4, 0.5) is 11.9 Å². The minimum atomic E-state index is -0.283. The number of carbonyl (C=O) groups excluding carboxylic acids is 2. The maximum absolute atomic E-state index is 12.2. The van der Waals surface area contributed by atoms with Crippen LogP contribution < -0.4 is 15.0 Å². The molecule has 0 saturated carbocycles. The Morgan fingerprint density at radius 2 is 1.77 bits per heavy atom. The molecular formula is C22H20ClN5O3. The Morgan fingerprint density at radius 1 is 1.06 bits per heavy atom. The van der Waals surface area contributed by atoms with Crippen molar-refractivity contribution in [2.24, 2.45) is 0 Å². The second kappa shape index (κ2) is 7.70. The van der Waals surface area contributed by atoms with Gasteiger partial charge < -0.3 is 10.1 Å². The highest BCUT2D eigenvalue weighted by Crippen LogP contribution is 2.41. The van der Waals surface area contributed by atoms with Crippen molar-refractivity contribution >= 4 is 35.3 Å². The second-order valence-electron chi connectivity index (χ2n) is 7.55. The molecular weight excluding hydrogens is 418 g/mol. The number of hydrogen-bond acceptors (Lipinski definition) is 6. The molecule has 158 valence electrons. The second-order valence-corrected chi connectivity index (χ2v) is 7.95. The summed E-state index contributed by atoms with van der Waals surface area (Å²) in [6, 6.07) is 15.1. The fraction of sp³-hybridized carbons (Fsp3) is 0.273. The first-order valence-electron chi connectivity index (χ1n) is 10.0. The van der Waals surface area contributed by atoms with E-state index in [2.05, 4.69) is 15.4 Å². The molecule has 8 nitrogen and oxygen atoms in total. The normalized spacial score (nSPS) is 20.5. The number of ether oxygens (including phenoxy) is 1. The molecule has 2 aliphatic heterocycles. The molecule has 5 rings (SSSR count). The summed E-state index contributed by atoms with van der Waals surface area (Å²) in [5.41, 5.74) is 1.96. The summed E-state index contributed by atoms with van der Waals surface area (Å²) in [4.78, 5) is 30.0. The minimum absolute atomic E-state index is 0.0679. The molecule has 0 radical (unpaired) electrons. The lowest BCUT2D eigenvalue weighted by Crippen LogP contribution is -2.30. The molecule has 2 amide bonds. The summed E-state index contributed by atoms with van der Waals surface area (Å²) in [5.74, 6) is 0.795. The number of fused-ring (bicyclic) bond motifs is 1. The average Bonchev–Trinajstić information content (AvgIpc) is 3.35. The number of nitrogens with one attached hydrogen (secondary N) is 1. The highest BCUT2D eigenvalue weighted by molar-refractivity contribution is 6.31. The molecule has 0 unspecified atom stereocenters. The average molecular weight is 438 g/mol. The van der Waals surface area contributed by atoms with E-state index in [0.29, 0.717) is 17.4 Å². The molecule has 0 bridgehead atoms. The monoisotopic (exact) mass is 437 g/mol. The molecule has 9 heteroatoms. The third-order valence-electron chi connectivity index (χ3n) is 5.71. The summed E-state index contributed by atoms with van der Waals surface area (Å²) in [6.07, 6.45) is 1.02. The van der Waals surface area contributed by atoms with Crippen LogP contribution in [-0.4, -0.2) is 33.7 Å². The number of carbonyl (C=O) groups is 2. The Morgan fingerprint density at radius 3 is 2.45 bits per heavy atom. The number of nitrogens with zero attached hydrogens (tertiary/aromatic N) is 4. The molecule has 2 atom stereocenters. The number of methoxy groups -OCH3 is 1. The Balaban J connectivity index is 1.57.